The summed E-state index contributed by atoms with van der Waals surface area (Å²) < 4.78 is 5.46. The molecule has 0 radical (unpaired) electrons. The molecule has 0 unspecified atom stereocenters. The molecule has 4 N–H and O–H groups in total. The maximum absolute atomic E-state index is 5.73. The molecule has 0 amide bonds. The summed E-state index contributed by atoms with van der Waals surface area (Å²) >= 11 is 3.07. The van der Waals surface area contributed by atoms with E-state index in [2.05, 4.69) is 35.6 Å². The van der Waals surface area contributed by atoms with Crippen molar-refractivity contribution in [2.45, 2.75) is 32.7 Å². The molecule has 40 heavy (non-hydrogen) atoms. The van der Waals surface area contributed by atoms with Crippen LogP contribution in [0.3, 0.4) is 0 Å². The summed E-state index contributed by atoms with van der Waals surface area (Å²) in [4.78, 5) is 26.2. The Balaban J connectivity index is 1.62. The van der Waals surface area contributed by atoms with Gasteiger partial charge in [-0.05, 0) is 43.9 Å². The number of ether oxygens (including phenoxy) is 1. The lowest BCUT2D eigenvalue weighted by molar-refractivity contribution is -0.00671. The van der Waals surface area contributed by atoms with E-state index >= 15 is 0 Å². The zero-order valence-electron chi connectivity index (χ0n) is 23.6. The summed E-state index contributed by atoms with van der Waals surface area (Å²) in [6, 6.07) is 3.94. The number of nitrogens with zero attached hydrogens (tertiary/aromatic N) is 4. The van der Waals surface area contributed by atoms with Crippen LogP contribution < -0.4 is 30.9 Å². The quantitative estimate of drug-likeness (QED) is 0.121. The number of nitrogens with two attached hydrogens (primary N) is 1. The summed E-state index contributed by atoms with van der Waals surface area (Å²) in [5.74, 6) is 7.31. The van der Waals surface area contributed by atoms with Crippen molar-refractivity contribution in [3.05, 3.63) is 53.6 Å². The molecule has 3 aromatic rings. The van der Waals surface area contributed by atoms with Crippen molar-refractivity contribution >= 4 is 50.6 Å². The lowest BCUT2D eigenvalue weighted by Gasteiger charge is -2.17. The molecule has 10 nitrogen and oxygen atoms in total. The molecule has 1 fully saturated rings. The normalized spacial score (nSPS) is 14.3. The average Bonchev–Trinajstić information content (AvgIpc) is 3.44. The highest BCUT2D eigenvalue weighted by Gasteiger charge is 2.22. The van der Waals surface area contributed by atoms with Gasteiger partial charge in [0, 0.05) is 44.3 Å². The first-order valence-corrected chi connectivity index (χ1v) is 14.4. The van der Waals surface area contributed by atoms with Crippen molar-refractivity contribution in [3.8, 4) is 27.1 Å². The minimum absolute atomic E-state index is 0.288. The van der Waals surface area contributed by atoms with Crippen LogP contribution in [0.25, 0.3) is 15.5 Å². The monoisotopic (exact) mass is 581 g/mol. The van der Waals surface area contributed by atoms with E-state index in [1.165, 1.54) is 23.5 Å². The van der Waals surface area contributed by atoms with Crippen molar-refractivity contribution in [3.63, 3.8) is 0 Å². The number of hydrogen-bond donors (Lipinski definition) is 3. The van der Waals surface area contributed by atoms with Gasteiger partial charge in [0.2, 0.25) is 5.75 Å². The number of aromatic nitrogens is 2. The van der Waals surface area contributed by atoms with E-state index < -0.39 is 0 Å². The van der Waals surface area contributed by atoms with Crippen LogP contribution in [0.5, 0.6) is 17.2 Å². The van der Waals surface area contributed by atoms with Gasteiger partial charge in [0.1, 0.15) is 15.7 Å². The number of hydroxylamine groups is 2. The molecule has 1 aliphatic rings. The molecule has 12 heteroatoms. The molecule has 2 aromatic heterocycles. The highest BCUT2D eigenvalue weighted by atomic mass is 32.1. The largest absolute Gasteiger partial charge is 0.493 e. The number of anilines is 3. The number of rotatable bonds is 13. The minimum Gasteiger partial charge on any atom is -0.493 e. The van der Waals surface area contributed by atoms with Gasteiger partial charge in [-0.1, -0.05) is 30.1 Å². The van der Waals surface area contributed by atoms with Gasteiger partial charge in [-0.15, -0.1) is 16.4 Å². The summed E-state index contributed by atoms with van der Waals surface area (Å²) in [6.45, 7) is 8.02. The van der Waals surface area contributed by atoms with Crippen molar-refractivity contribution in [1.82, 2.24) is 15.0 Å². The molecule has 212 valence electrons. The fourth-order valence-electron chi connectivity index (χ4n) is 3.80. The fraction of sp³-hybridized carbons (Fsp3) is 0.321. The van der Waals surface area contributed by atoms with Crippen LogP contribution in [-0.2, 0) is 0 Å². The number of benzene rings is 1. The molecule has 0 saturated heterocycles. The third-order valence-electron chi connectivity index (χ3n) is 5.91. The number of nitrogens with one attached hydrogen (secondary N) is 2. The van der Waals surface area contributed by atoms with E-state index in [0.717, 1.165) is 51.1 Å². The Bertz CT molecular complexity index is 1450. The molecule has 0 aliphatic heterocycles. The Morgan fingerprint density at radius 1 is 1.25 bits per heavy atom. The molecule has 2 heterocycles. The van der Waals surface area contributed by atoms with E-state index in [0.29, 0.717) is 28.4 Å². The number of allylic oxidation sites excluding steroid dienone is 5. The lowest BCUT2D eigenvalue weighted by Crippen LogP contribution is -2.18. The van der Waals surface area contributed by atoms with Crippen LogP contribution in [0.4, 0.5) is 16.6 Å². The lowest BCUT2D eigenvalue weighted by atomic mass is 10.1. The van der Waals surface area contributed by atoms with E-state index in [1.807, 2.05) is 26.1 Å². The summed E-state index contributed by atoms with van der Waals surface area (Å²) in [5, 5.41) is 11.7. The van der Waals surface area contributed by atoms with Crippen LogP contribution in [0.1, 0.15) is 32.4 Å². The first-order chi connectivity index (χ1) is 19.3. The molecule has 0 bridgehead atoms. The maximum Gasteiger partial charge on any atom is 0.233 e. The van der Waals surface area contributed by atoms with Crippen molar-refractivity contribution < 1.29 is 14.4 Å². The van der Waals surface area contributed by atoms with Gasteiger partial charge in [0.15, 0.2) is 16.6 Å². The summed E-state index contributed by atoms with van der Waals surface area (Å²) in [5.41, 5.74) is 4.62. The predicted octanol–water partition coefficient (Wildman–Crippen LogP) is 6.31. The molecule has 1 aliphatic carbocycles. The second kappa shape index (κ2) is 13.1. The zero-order valence-corrected chi connectivity index (χ0v) is 25.2. The highest BCUT2D eigenvalue weighted by Crippen LogP contribution is 2.43. The van der Waals surface area contributed by atoms with Crippen LogP contribution in [0, 0.1) is 0 Å². The molecule has 1 saturated carbocycles. The van der Waals surface area contributed by atoms with Gasteiger partial charge < -0.3 is 25.0 Å². The van der Waals surface area contributed by atoms with E-state index in [4.69, 9.17) is 35.3 Å². The van der Waals surface area contributed by atoms with Gasteiger partial charge in [-0.3, -0.25) is 4.99 Å². The summed E-state index contributed by atoms with van der Waals surface area (Å²) in [7, 11) is 6.90. The number of aliphatic imine (C=N–C) groups is 1. The highest BCUT2D eigenvalue weighted by molar-refractivity contribution is 7.23. The second-order valence-corrected chi connectivity index (χ2v) is 11.0. The van der Waals surface area contributed by atoms with E-state index in [9.17, 15) is 0 Å². The summed E-state index contributed by atoms with van der Waals surface area (Å²) in [6.07, 6.45) is 8.27. The third kappa shape index (κ3) is 6.89. The third-order valence-corrected chi connectivity index (χ3v) is 7.87. The van der Waals surface area contributed by atoms with Crippen LogP contribution >= 0.6 is 22.7 Å². The maximum atomic E-state index is 5.73. The van der Waals surface area contributed by atoms with E-state index in [1.54, 1.807) is 37.6 Å². The van der Waals surface area contributed by atoms with Gasteiger partial charge >= 0.3 is 0 Å². The second-order valence-electron chi connectivity index (χ2n) is 9.16. The smallest absolute Gasteiger partial charge is 0.233 e. The van der Waals surface area contributed by atoms with Gasteiger partial charge in [0.25, 0.3) is 0 Å². The topological polar surface area (TPSA) is 119 Å². The van der Waals surface area contributed by atoms with Gasteiger partial charge in [-0.2, -0.15) is 5.90 Å². The van der Waals surface area contributed by atoms with Gasteiger partial charge in [-0.25, -0.2) is 9.97 Å². The van der Waals surface area contributed by atoms with Crippen LogP contribution in [0.15, 0.2) is 52.9 Å². The van der Waals surface area contributed by atoms with E-state index in [-0.39, 0.29) is 5.75 Å². The van der Waals surface area contributed by atoms with Gasteiger partial charge in [0.05, 0.1) is 24.6 Å². The first kappa shape index (κ1) is 29.3. The Hall–Kier alpha value is -3.71. The zero-order chi connectivity index (χ0) is 28.8. The molecular weight excluding hydrogens is 546 g/mol. The molecule has 4 rings (SSSR count). The Kier molecular flexibility index (Phi) is 9.58. The fourth-order valence-corrected chi connectivity index (χ4v) is 5.76. The predicted molar refractivity (Wildman–Crippen MR) is 166 cm³/mol. The van der Waals surface area contributed by atoms with Crippen LogP contribution in [0.2, 0.25) is 0 Å². The molecule has 0 spiro atoms. The number of hydrogen-bond acceptors (Lipinski definition) is 12. The Morgan fingerprint density at radius 3 is 2.60 bits per heavy atom. The number of methoxy groups -OCH3 is 1. The van der Waals surface area contributed by atoms with Crippen molar-refractivity contribution in [1.29, 1.82) is 0 Å². The van der Waals surface area contributed by atoms with Crippen molar-refractivity contribution in [2.75, 3.05) is 38.9 Å². The SMILES string of the molecule is C=C/C(=C\C)C(/C=C(\C)c1csc(-c2sc(Nc3cc(OC)c(ON)c(ON(C)C)c3)nc2NC)n1)=NC1CC1. The first-order valence-electron chi connectivity index (χ1n) is 12.7. The molecular formula is C28H35N7O3S2. The number of thiazole rings is 2. The minimum atomic E-state index is 0.288. The van der Waals surface area contributed by atoms with Crippen molar-refractivity contribution in [2.24, 2.45) is 10.9 Å². The average molecular weight is 582 g/mol. The Morgan fingerprint density at radius 2 is 2.00 bits per heavy atom. The molecule has 1 aromatic carbocycles. The standard InChI is InChI=1S/C28H35N7O3S2/c1-8-17(9-2)20(31-18-10-11-18)12-16(3)21-15-39-27(33-21)25-26(30-4)34-28(40-25)32-19-13-22(36-7)24(37-29)23(14-19)38-35(5)6/h8-9,12-15,18,30H,1,10-11,29H2,2-7H3,(H,32,34)/b16-12+,17-9+,31-20?. The van der Waals surface area contributed by atoms with Crippen LogP contribution in [-0.4, -0.2) is 55.0 Å². The molecule has 0 atom stereocenters. The Labute approximate surface area is 242 Å².